The van der Waals surface area contributed by atoms with Gasteiger partial charge in [0.2, 0.25) is 6.29 Å². The quantitative estimate of drug-likeness (QED) is 0.445. The number of ether oxygens (including phenoxy) is 2. The van der Waals surface area contributed by atoms with Crippen LogP contribution in [-0.2, 0) is 19.1 Å². The Kier molecular flexibility index (Phi) is 10.8. The van der Waals surface area contributed by atoms with Crippen LogP contribution in [0.4, 0.5) is 4.79 Å². The highest BCUT2D eigenvalue weighted by Gasteiger charge is 2.21. The smallest absolute Gasteiger partial charge is 0.410 e. The molecule has 0 aliphatic rings. The Hall–Kier alpha value is -1.79. The van der Waals surface area contributed by atoms with Gasteiger partial charge in [0.15, 0.2) is 0 Å². The van der Waals surface area contributed by atoms with Crippen molar-refractivity contribution in [2.75, 3.05) is 0 Å². The van der Waals surface area contributed by atoms with Crippen molar-refractivity contribution in [3.05, 3.63) is 0 Å². The van der Waals surface area contributed by atoms with Gasteiger partial charge in [-0.3, -0.25) is 9.59 Å². The summed E-state index contributed by atoms with van der Waals surface area (Å²) in [6, 6.07) is -0.513. The Morgan fingerprint density at radius 2 is 1.78 bits per heavy atom. The lowest BCUT2D eigenvalue weighted by molar-refractivity contribution is -0.164. The lowest BCUT2D eigenvalue weighted by atomic mass is 9.95. The van der Waals surface area contributed by atoms with Crippen molar-refractivity contribution in [1.82, 2.24) is 5.32 Å². The summed E-state index contributed by atoms with van der Waals surface area (Å²) in [5, 5.41) is 11.5. The molecule has 23 heavy (non-hydrogen) atoms. The van der Waals surface area contributed by atoms with Crippen molar-refractivity contribution in [3.8, 4) is 0 Å². The molecule has 0 radical (unpaired) electrons. The van der Waals surface area contributed by atoms with Crippen LogP contribution in [0.2, 0.25) is 0 Å². The van der Waals surface area contributed by atoms with E-state index in [1.54, 1.807) is 6.92 Å². The third-order valence-corrected chi connectivity index (χ3v) is 3.34. The van der Waals surface area contributed by atoms with Gasteiger partial charge in [0.05, 0.1) is 6.42 Å². The number of carbonyl (C=O) groups is 3. The summed E-state index contributed by atoms with van der Waals surface area (Å²) >= 11 is 0. The molecule has 0 aliphatic heterocycles. The molecule has 7 nitrogen and oxygen atoms in total. The normalized spacial score (nSPS) is 14.4. The van der Waals surface area contributed by atoms with Crippen LogP contribution in [0.5, 0.6) is 0 Å². The fourth-order valence-electron chi connectivity index (χ4n) is 2.20. The van der Waals surface area contributed by atoms with Crippen molar-refractivity contribution in [2.24, 2.45) is 5.92 Å². The van der Waals surface area contributed by atoms with Gasteiger partial charge in [-0.2, -0.15) is 0 Å². The van der Waals surface area contributed by atoms with Gasteiger partial charge >= 0.3 is 18.0 Å². The van der Waals surface area contributed by atoms with E-state index in [1.807, 2.05) is 6.92 Å². The number of carbonyl (C=O) groups excluding carboxylic acids is 2. The first kappa shape index (κ1) is 21.2. The third kappa shape index (κ3) is 11.4. The molecule has 134 valence electrons. The van der Waals surface area contributed by atoms with Gasteiger partial charge < -0.3 is 19.9 Å². The van der Waals surface area contributed by atoms with E-state index >= 15 is 0 Å². The van der Waals surface area contributed by atoms with E-state index in [9.17, 15) is 14.4 Å². The van der Waals surface area contributed by atoms with Crippen LogP contribution < -0.4 is 5.32 Å². The third-order valence-electron chi connectivity index (χ3n) is 3.34. The van der Waals surface area contributed by atoms with Gasteiger partial charge in [0.1, 0.15) is 0 Å². The number of hydrogen-bond donors (Lipinski definition) is 2. The maximum Gasteiger partial charge on any atom is 0.410 e. The zero-order valence-electron chi connectivity index (χ0n) is 14.5. The molecule has 0 aromatic heterocycles. The lowest BCUT2D eigenvalue weighted by Gasteiger charge is -2.22. The zero-order chi connectivity index (χ0) is 17.8. The number of rotatable bonds is 11. The van der Waals surface area contributed by atoms with E-state index in [1.165, 1.54) is 6.92 Å². The number of nitrogens with one attached hydrogen (secondary N) is 1. The number of carboxylic acids is 1. The van der Waals surface area contributed by atoms with Gasteiger partial charge in [0, 0.05) is 19.4 Å². The summed E-state index contributed by atoms with van der Waals surface area (Å²) < 4.78 is 9.74. The largest absolute Gasteiger partial charge is 0.481 e. The molecule has 0 saturated heterocycles. The molecule has 0 saturated carbocycles. The van der Waals surface area contributed by atoms with E-state index < -0.39 is 30.4 Å². The van der Waals surface area contributed by atoms with Gasteiger partial charge in [-0.25, -0.2) is 4.79 Å². The van der Waals surface area contributed by atoms with Gasteiger partial charge in [-0.15, -0.1) is 0 Å². The van der Waals surface area contributed by atoms with Gasteiger partial charge in [-0.05, 0) is 12.3 Å². The maximum atomic E-state index is 11.8. The van der Waals surface area contributed by atoms with Crippen LogP contribution >= 0.6 is 0 Å². The number of carboxylic acid groups (broad SMARTS) is 1. The van der Waals surface area contributed by atoms with E-state index in [0.717, 1.165) is 19.3 Å². The zero-order valence-corrected chi connectivity index (χ0v) is 14.5. The highest BCUT2D eigenvalue weighted by atomic mass is 16.7. The van der Waals surface area contributed by atoms with Crippen LogP contribution in [-0.4, -0.2) is 35.5 Å². The number of esters is 1. The first-order valence-electron chi connectivity index (χ1n) is 8.16. The minimum Gasteiger partial charge on any atom is -0.481 e. The van der Waals surface area contributed by atoms with Crippen molar-refractivity contribution >= 4 is 18.0 Å². The molecule has 2 N–H and O–H groups in total. The van der Waals surface area contributed by atoms with E-state index in [0.29, 0.717) is 12.3 Å². The number of amides is 1. The molecule has 3 atom stereocenters. The Bertz CT molecular complexity index is 385. The summed E-state index contributed by atoms with van der Waals surface area (Å²) in [7, 11) is 0. The molecule has 0 aromatic rings. The molecule has 0 aliphatic carbocycles. The van der Waals surface area contributed by atoms with E-state index in [2.05, 4.69) is 12.2 Å². The summed E-state index contributed by atoms with van der Waals surface area (Å²) in [5.74, 6) is -1.15. The topological polar surface area (TPSA) is 102 Å². The van der Waals surface area contributed by atoms with E-state index in [4.69, 9.17) is 14.6 Å². The van der Waals surface area contributed by atoms with Gasteiger partial charge in [0.25, 0.3) is 0 Å². The highest BCUT2D eigenvalue weighted by Crippen LogP contribution is 2.16. The predicted octanol–water partition coefficient (Wildman–Crippen LogP) is 3.07. The molecule has 0 aromatic carbocycles. The van der Waals surface area contributed by atoms with Crippen molar-refractivity contribution in [3.63, 3.8) is 0 Å². The number of aliphatic carboxylic acids is 1. The van der Waals surface area contributed by atoms with Crippen LogP contribution in [0, 0.1) is 5.92 Å². The molecule has 7 heteroatoms. The molecule has 0 rings (SSSR count). The van der Waals surface area contributed by atoms with Crippen LogP contribution in [0.25, 0.3) is 0 Å². The fraction of sp³-hybridized carbons (Fsp3) is 0.812. The second kappa shape index (κ2) is 11.7. The number of hydrogen-bond acceptors (Lipinski definition) is 5. The molecule has 0 heterocycles. The molecule has 0 spiro atoms. The molecule has 1 amide bonds. The average molecular weight is 331 g/mol. The molecule has 0 fully saturated rings. The molecule has 0 unspecified atom stereocenters. The summed E-state index contributed by atoms with van der Waals surface area (Å²) in [5.41, 5.74) is 0. The second-order valence-corrected chi connectivity index (χ2v) is 5.74. The first-order chi connectivity index (χ1) is 10.8. The summed E-state index contributed by atoms with van der Waals surface area (Å²) in [4.78, 5) is 33.8. The van der Waals surface area contributed by atoms with Crippen LogP contribution in [0.3, 0.4) is 0 Å². The van der Waals surface area contributed by atoms with Crippen LogP contribution in [0.1, 0.15) is 66.2 Å². The Morgan fingerprint density at radius 3 is 2.30 bits per heavy atom. The average Bonchev–Trinajstić information content (AvgIpc) is 2.43. The van der Waals surface area contributed by atoms with Crippen molar-refractivity contribution < 1.29 is 29.0 Å². The first-order valence-corrected chi connectivity index (χ1v) is 8.16. The molecular formula is C16H29NO6. The SMILES string of the molecule is CCCC[C@@H](C)C[C@@H](CC(=O)O)NC(=O)O[C@@H](C)OC(=O)CC. The predicted molar refractivity (Wildman–Crippen MR) is 84.8 cm³/mol. The second-order valence-electron chi connectivity index (χ2n) is 5.74. The Labute approximate surface area is 137 Å². The lowest BCUT2D eigenvalue weighted by Crippen LogP contribution is -2.39. The van der Waals surface area contributed by atoms with Crippen molar-refractivity contribution in [1.29, 1.82) is 0 Å². The molecular weight excluding hydrogens is 302 g/mol. The monoisotopic (exact) mass is 331 g/mol. The minimum absolute atomic E-state index is 0.172. The Balaban J connectivity index is 4.42. The van der Waals surface area contributed by atoms with Gasteiger partial charge in [-0.1, -0.05) is 40.0 Å². The summed E-state index contributed by atoms with van der Waals surface area (Å²) in [6.07, 6.45) is 1.90. The number of alkyl carbamates (subject to hydrolysis) is 1. The molecule has 0 bridgehead atoms. The highest BCUT2D eigenvalue weighted by molar-refractivity contribution is 5.72. The minimum atomic E-state index is -1.01. The fourth-order valence-corrected chi connectivity index (χ4v) is 2.20. The van der Waals surface area contributed by atoms with Crippen LogP contribution in [0.15, 0.2) is 0 Å². The Morgan fingerprint density at radius 1 is 1.13 bits per heavy atom. The standard InChI is InChI=1S/C16H29NO6/c1-5-7-8-11(3)9-13(10-14(18)19)17-16(21)23-12(4)22-15(20)6-2/h11-13H,5-10H2,1-4H3,(H,17,21)(H,18,19)/t11-,12+,13+/m1/s1. The maximum absolute atomic E-state index is 11.8. The van der Waals surface area contributed by atoms with Crippen molar-refractivity contribution in [2.45, 2.75) is 78.6 Å². The van der Waals surface area contributed by atoms with E-state index in [-0.39, 0.29) is 12.8 Å². The number of unbranched alkanes of at least 4 members (excludes halogenated alkanes) is 1. The summed E-state index contributed by atoms with van der Waals surface area (Å²) in [6.45, 7) is 7.19.